The van der Waals surface area contributed by atoms with Crippen molar-refractivity contribution in [2.45, 2.75) is 38.4 Å². The number of aromatic nitrogens is 1. The van der Waals surface area contributed by atoms with E-state index in [9.17, 15) is 0 Å². The summed E-state index contributed by atoms with van der Waals surface area (Å²) >= 11 is 0. The number of methoxy groups -OCH3 is 1. The van der Waals surface area contributed by atoms with Crippen molar-refractivity contribution in [3.8, 4) is 0 Å². The SMILES string of the molecule is COCCCN(C)Cc1cccc(CNC2CC2)n1. The predicted octanol–water partition coefficient (Wildman–Crippen LogP) is 1.80. The molecule has 1 aromatic heterocycles. The number of rotatable bonds is 9. The molecule has 1 aromatic rings. The summed E-state index contributed by atoms with van der Waals surface area (Å²) in [7, 11) is 3.88. The highest BCUT2D eigenvalue weighted by molar-refractivity contribution is 5.11. The van der Waals surface area contributed by atoms with Gasteiger partial charge in [0.05, 0.1) is 11.4 Å². The van der Waals surface area contributed by atoms with Crippen molar-refractivity contribution in [3.63, 3.8) is 0 Å². The van der Waals surface area contributed by atoms with E-state index < -0.39 is 0 Å². The molecule has 0 spiro atoms. The van der Waals surface area contributed by atoms with Gasteiger partial charge in [-0.15, -0.1) is 0 Å². The highest BCUT2D eigenvalue weighted by Crippen LogP contribution is 2.19. The first kappa shape index (κ1) is 14.4. The molecular weight excluding hydrogens is 238 g/mol. The van der Waals surface area contributed by atoms with Gasteiger partial charge in [-0.25, -0.2) is 0 Å². The smallest absolute Gasteiger partial charge is 0.0547 e. The monoisotopic (exact) mass is 263 g/mol. The largest absolute Gasteiger partial charge is 0.385 e. The summed E-state index contributed by atoms with van der Waals surface area (Å²) in [6.45, 7) is 3.66. The van der Waals surface area contributed by atoms with Crippen LogP contribution in [0.3, 0.4) is 0 Å². The Morgan fingerprint density at radius 2 is 2.16 bits per heavy atom. The van der Waals surface area contributed by atoms with E-state index in [1.165, 1.54) is 12.8 Å². The van der Waals surface area contributed by atoms with Crippen LogP contribution in [0.1, 0.15) is 30.7 Å². The Hall–Kier alpha value is -0.970. The average Bonchev–Trinajstić information content (AvgIpc) is 3.21. The van der Waals surface area contributed by atoms with Gasteiger partial charge in [0.2, 0.25) is 0 Å². The average molecular weight is 263 g/mol. The second-order valence-electron chi connectivity index (χ2n) is 5.36. The fourth-order valence-electron chi connectivity index (χ4n) is 2.09. The summed E-state index contributed by atoms with van der Waals surface area (Å²) in [5.74, 6) is 0. The van der Waals surface area contributed by atoms with Gasteiger partial charge in [-0.1, -0.05) is 6.07 Å². The molecule has 1 aliphatic rings. The van der Waals surface area contributed by atoms with E-state index in [2.05, 4.69) is 35.5 Å². The Labute approximate surface area is 116 Å². The van der Waals surface area contributed by atoms with Gasteiger partial charge in [0.15, 0.2) is 0 Å². The van der Waals surface area contributed by atoms with Gasteiger partial charge >= 0.3 is 0 Å². The summed E-state index contributed by atoms with van der Waals surface area (Å²) in [6, 6.07) is 7.05. The maximum Gasteiger partial charge on any atom is 0.0547 e. The number of ether oxygens (including phenoxy) is 1. The molecule has 19 heavy (non-hydrogen) atoms. The molecule has 0 bridgehead atoms. The molecule has 0 atom stereocenters. The van der Waals surface area contributed by atoms with Crippen LogP contribution in [0.25, 0.3) is 0 Å². The van der Waals surface area contributed by atoms with Crippen molar-refractivity contribution in [2.24, 2.45) is 0 Å². The zero-order chi connectivity index (χ0) is 13.5. The third-order valence-corrected chi connectivity index (χ3v) is 3.33. The zero-order valence-corrected chi connectivity index (χ0v) is 12.1. The van der Waals surface area contributed by atoms with E-state index in [4.69, 9.17) is 9.72 Å². The van der Waals surface area contributed by atoms with Crippen LogP contribution in [-0.2, 0) is 17.8 Å². The molecule has 0 unspecified atom stereocenters. The molecule has 1 saturated carbocycles. The van der Waals surface area contributed by atoms with Gasteiger partial charge < -0.3 is 15.0 Å². The molecule has 0 aromatic carbocycles. The van der Waals surface area contributed by atoms with Gasteiger partial charge in [-0.05, 0) is 38.4 Å². The second kappa shape index (κ2) is 7.58. The Morgan fingerprint density at radius 3 is 2.89 bits per heavy atom. The molecule has 1 fully saturated rings. The van der Waals surface area contributed by atoms with Gasteiger partial charge in [0, 0.05) is 39.4 Å². The van der Waals surface area contributed by atoms with Crippen LogP contribution in [0, 0.1) is 0 Å². The molecule has 0 amide bonds. The van der Waals surface area contributed by atoms with Gasteiger partial charge in [-0.2, -0.15) is 0 Å². The number of nitrogens with zero attached hydrogens (tertiary/aromatic N) is 2. The summed E-state index contributed by atoms with van der Waals surface area (Å²) < 4.78 is 5.07. The van der Waals surface area contributed by atoms with E-state index in [0.29, 0.717) is 0 Å². The summed E-state index contributed by atoms with van der Waals surface area (Å²) in [5.41, 5.74) is 2.30. The molecular formula is C15H25N3O. The van der Waals surface area contributed by atoms with Crippen molar-refractivity contribution >= 4 is 0 Å². The van der Waals surface area contributed by atoms with Crippen LogP contribution in [0.4, 0.5) is 0 Å². The third kappa shape index (κ3) is 5.68. The van der Waals surface area contributed by atoms with E-state index in [-0.39, 0.29) is 0 Å². The minimum Gasteiger partial charge on any atom is -0.385 e. The zero-order valence-electron chi connectivity index (χ0n) is 12.1. The van der Waals surface area contributed by atoms with Crippen LogP contribution in [0.15, 0.2) is 18.2 Å². The highest BCUT2D eigenvalue weighted by atomic mass is 16.5. The molecule has 4 heteroatoms. The fourth-order valence-corrected chi connectivity index (χ4v) is 2.09. The molecule has 1 heterocycles. The first-order valence-corrected chi connectivity index (χ1v) is 7.13. The number of hydrogen-bond acceptors (Lipinski definition) is 4. The number of nitrogens with one attached hydrogen (secondary N) is 1. The lowest BCUT2D eigenvalue weighted by atomic mass is 10.2. The molecule has 0 radical (unpaired) electrons. The summed E-state index contributed by atoms with van der Waals surface area (Å²) in [5, 5.41) is 3.50. The summed E-state index contributed by atoms with van der Waals surface area (Å²) in [6.07, 6.45) is 3.71. The quantitative estimate of drug-likeness (QED) is 0.689. The maximum atomic E-state index is 5.07. The number of hydrogen-bond donors (Lipinski definition) is 1. The molecule has 106 valence electrons. The van der Waals surface area contributed by atoms with Gasteiger partial charge in [-0.3, -0.25) is 4.98 Å². The fraction of sp³-hybridized carbons (Fsp3) is 0.667. The first-order valence-electron chi connectivity index (χ1n) is 7.13. The standard InChI is InChI=1S/C15H25N3O/c1-18(9-4-10-19-2)12-15-6-3-5-14(17-15)11-16-13-7-8-13/h3,5-6,13,16H,4,7-12H2,1-2H3. The lowest BCUT2D eigenvalue weighted by molar-refractivity contribution is 0.177. The Kier molecular flexibility index (Phi) is 5.76. The normalized spacial score (nSPS) is 15.1. The van der Waals surface area contributed by atoms with E-state index >= 15 is 0 Å². The van der Waals surface area contributed by atoms with Crippen molar-refractivity contribution in [1.82, 2.24) is 15.2 Å². The van der Waals surface area contributed by atoms with Crippen molar-refractivity contribution in [1.29, 1.82) is 0 Å². The van der Waals surface area contributed by atoms with Crippen LogP contribution in [0.2, 0.25) is 0 Å². The summed E-state index contributed by atoms with van der Waals surface area (Å²) in [4.78, 5) is 7.00. The minimum absolute atomic E-state index is 0.738. The molecule has 4 nitrogen and oxygen atoms in total. The second-order valence-corrected chi connectivity index (χ2v) is 5.36. The van der Waals surface area contributed by atoms with Gasteiger partial charge in [0.25, 0.3) is 0 Å². The van der Waals surface area contributed by atoms with E-state index in [1.807, 2.05) is 0 Å². The maximum absolute atomic E-state index is 5.07. The molecule has 1 aliphatic carbocycles. The van der Waals surface area contributed by atoms with Crippen molar-refractivity contribution < 1.29 is 4.74 Å². The van der Waals surface area contributed by atoms with E-state index in [0.717, 1.165) is 50.1 Å². The topological polar surface area (TPSA) is 37.4 Å². The minimum atomic E-state index is 0.738. The van der Waals surface area contributed by atoms with Crippen LogP contribution >= 0.6 is 0 Å². The molecule has 2 rings (SSSR count). The van der Waals surface area contributed by atoms with Crippen LogP contribution < -0.4 is 5.32 Å². The van der Waals surface area contributed by atoms with Crippen molar-refractivity contribution in [3.05, 3.63) is 29.6 Å². The third-order valence-electron chi connectivity index (χ3n) is 3.33. The lowest BCUT2D eigenvalue weighted by Gasteiger charge is -2.16. The van der Waals surface area contributed by atoms with Crippen LogP contribution in [0.5, 0.6) is 0 Å². The first-order chi connectivity index (χ1) is 9.28. The Bertz CT molecular complexity index is 379. The van der Waals surface area contributed by atoms with Crippen LogP contribution in [-0.4, -0.2) is 43.2 Å². The number of pyridine rings is 1. The lowest BCUT2D eigenvalue weighted by Crippen LogP contribution is -2.21. The molecule has 0 saturated heterocycles. The van der Waals surface area contributed by atoms with Gasteiger partial charge in [0.1, 0.15) is 0 Å². The molecule has 0 aliphatic heterocycles. The van der Waals surface area contributed by atoms with Crippen molar-refractivity contribution in [2.75, 3.05) is 27.3 Å². The Balaban J connectivity index is 1.76. The molecule has 1 N–H and O–H groups in total. The Morgan fingerprint density at radius 1 is 1.37 bits per heavy atom. The highest BCUT2D eigenvalue weighted by Gasteiger charge is 2.20. The predicted molar refractivity (Wildman–Crippen MR) is 76.9 cm³/mol. The van der Waals surface area contributed by atoms with E-state index in [1.54, 1.807) is 7.11 Å².